The highest BCUT2D eigenvalue weighted by Gasteiger charge is 2.20. The third kappa shape index (κ3) is 3.97. The molecule has 0 saturated carbocycles. The summed E-state index contributed by atoms with van der Waals surface area (Å²) in [5.41, 5.74) is -0.0525. The van der Waals surface area contributed by atoms with Gasteiger partial charge in [-0.2, -0.15) is 0 Å². The van der Waals surface area contributed by atoms with Crippen LogP contribution in [0.2, 0.25) is 0 Å². The van der Waals surface area contributed by atoms with Gasteiger partial charge in [0.1, 0.15) is 5.69 Å². The number of nitrogens with zero attached hydrogens (tertiary/aromatic N) is 1. The Morgan fingerprint density at radius 1 is 1.13 bits per heavy atom. The molecule has 0 saturated heterocycles. The van der Waals surface area contributed by atoms with E-state index in [0.717, 1.165) is 0 Å². The van der Waals surface area contributed by atoms with Crippen molar-refractivity contribution < 1.29 is 19.2 Å². The predicted molar refractivity (Wildman–Crippen MR) is 84.8 cm³/mol. The van der Waals surface area contributed by atoms with Gasteiger partial charge in [-0.25, -0.2) is 0 Å². The smallest absolute Gasteiger partial charge is 0.292 e. The molecule has 2 rings (SSSR count). The lowest BCUT2D eigenvalue weighted by atomic mass is 10.2. The zero-order valence-electron chi connectivity index (χ0n) is 12.7. The van der Waals surface area contributed by atoms with E-state index in [2.05, 4.69) is 5.32 Å². The number of carbonyl (C=O) groups is 1. The molecule has 0 aliphatic carbocycles. The standard InChI is InChI=1S/C16H16N2O5/c1-11(23-15-10-6-5-9-14(15)22-2)16(19)17-12-7-3-4-8-13(12)18(20)21/h3-11H,1-2H3,(H,17,19)/t11-/m0/s1. The van der Waals surface area contributed by atoms with Crippen molar-refractivity contribution in [1.29, 1.82) is 0 Å². The van der Waals surface area contributed by atoms with Crippen LogP contribution in [0.15, 0.2) is 48.5 Å². The van der Waals surface area contributed by atoms with Crippen molar-refractivity contribution in [1.82, 2.24) is 0 Å². The molecule has 0 aliphatic rings. The van der Waals surface area contributed by atoms with E-state index in [-0.39, 0.29) is 11.4 Å². The number of nitro benzene ring substituents is 1. The maximum Gasteiger partial charge on any atom is 0.292 e. The molecule has 0 aromatic heterocycles. The fourth-order valence-electron chi connectivity index (χ4n) is 1.93. The number of nitrogens with one attached hydrogen (secondary N) is 1. The number of hydrogen-bond donors (Lipinski definition) is 1. The van der Waals surface area contributed by atoms with E-state index in [4.69, 9.17) is 9.47 Å². The molecular formula is C16H16N2O5. The summed E-state index contributed by atoms with van der Waals surface area (Å²) in [6.45, 7) is 1.55. The molecular weight excluding hydrogens is 300 g/mol. The van der Waals surface area contributed by atoms with Crippen molar-refractivity contribution in [2.75, 3.05) is 12.4 Å². The van der Waals surface area contributed by atoms with E-state index >= 15 is 0 Å². The van der Waals surface area contributed by atoms with E-state index in [1.54, 1.807) is 37.3 Å². The van der Waals surface area contributed by atoms with Crippen LogP contribution in [0.25, 0.3) is 0 Å². The van der Waals surface area contributed by atoms with Gasteiger partial charge in [0.05, 0.1) is 12.0 Å². The summed E-state index contributed by atoms with van der Waals surface area (Å²) in [6, 6.07) is 12.8. The summed E-state index contributed by atoms with van der Waals surface area (Å²) < 4.78 is 10.7. The summed E-state index contributed by atoms with van der Waals surface area (Å²) in [4.78, 5) is 22.6. The number of rotatable bonds is 6. The Balaban J connectivity index is 2.10. The third-order valence-electron chi connectivity index (χ3n) is 3.10. The number of anilines is 1. The van der Waals surface area contributed by atoms with Crippen molar-refractivity contribution >= 4 is 17.3 Å². The minimum Gasteiger partial charge on any atom is -0.493 e. The molecule has 2 aromatic carbocycles. The van der Waals surface area contributed by atoms with Crippen LogP contribution < -0.4 is 14.8 Å². The zero-order chi connectivity index (χ0) is 16.8. The van der Waals surface area contributed by atoms with E-state index in [1.165, 1.54) is 25.3 Å². The van der Waals surface area contributed by atoms with Crippen LogP contribution in [-0.2, 0) is 4.79 Å². The van der Waals surface area contributed by atoms with E-state index < -0.39 is 16.9 Å². The monoisotopic (exact) mass is 316 g/mol. The van der Waals surface area contributed by atoms with Crippen molar-refractivity contribution in [2.45, 2.75) is 13.0 Å². The molecule has 1 atom stereocenters. The molecule has 7 nitrogen and oxygen atoms in total. The average molecular weight is 316 g/mol. The quantitative estimate of drug-likeness (QED) is 0.653. The van der Waals surface area contributed by atoms with Crippen molar-refractivity contribution in [3.05, 3.63) is 58.6 Å². The van der Waals surface area contributed by atoms with Gasteiger partial charge in [-0.3, -0.25) is 14.9 Å². The van der Waals surface area contributed by atoms with Crippen molar-refractivity contribution in [2.24, 2.45) is 0 Å². The largest absolute Gasteiger partial charge is 0.493 e. The van der Waals surface area contributed by atoms with Crippen molar-refractivity contribution in [3.63, 3.8) is 0 Å². The SMILES string of the molecule is COc1ccccc1O[C@@H](C)C(=O)Nc1ccccc1[N+](=O)[O-]. The van der Waals surface area contributed by atoms with Gasteiger partial charge in [0.15, 0.2) is 17.6 Å². The predicted octanol–water partition coefficient (Wildman–Crippen LogP) is 3.01. The molecule has 0 unspecified atom stereocenters. The Bertz CT molecular complexity index is 717. The van der Waals surface area contributed by atoms with E-state index in [9.17, 15) is 14.9 Å². The third-order valence-corrected chi connectivity index (χ3v) is 3.10. The molecule has 7 heteroatoms. The van der Waals surface area contributed by atoms with Gasteiger partial charge in [0, 0.05) is 6.07 Å². The van der Waals surface area contributed by atoms with Crippen LogP contribution in [0.3, 0.4) is 0 Å². The molecule has 0 bridgehead atoms. The maximum atomic E-state index is 12.2. The zero-order valence-corrected chi connectivity index (χ0v) is 12.7. The van der Waals surface area contributed by atoms with Crippen LogP contribution in [0.1, 0.15) is 6.92 Å². The van der Waals surface area contributed by atoms with E-state index in [0.29, 0.717) is 11.5 Å². The second kappa shape index (κ2) is 7.26. The van der Waals surface area contributed by atoms with Crippen LogP contribution in [0.5, 0.6) is 11.5 Å². The maximum absolute atomic E-state index is 12.2. The molecule has 0 radical (unpaired) electrons. The molecule has 0 fully saturated rings. The highest BCUT2D eigenvalue weighted by atomic mass is 16.6. The number of carbonyl (C=O) groups excluding carboxylic acids is 1. The number of hydrogen-bond acceptors (Lipinski definition) is 5. The van der Waals surface area contributed by atoms with Gasteiger partial charge in [-0.1, -0.05) is 24.3 Å². The molecule has 120 valence electrons. The minimum atomic E-state index is -0.855. The highest BCUT2D eigenvalue weighted by Crippen LogP contribution is 2.27. The van der Waals surface area contributed by atoms with Crippen LogP contribution in [0.4, 0.5) is 11.4 Å². The van der Waals surface area contributed by atoms with Gasteiger partial charge in [0.2, 0.25) is 0 Å². The average Bonchev–Trinajstić information content (AvgIpc) is 2.55. The van der Waals surface area contributed by atoms with Crippen LogP contribution in [0, 0.1) is 10.1 Å². The summed E-state index contributed by atoms with van der Waals surface area (Å²) in [6.07, 6.45) is -0.855. The van der Waals surface area contributed by atoms with Crippen LogP contribution >= 0.6 is 0 Å². The number of amides is 1. The van der Waals surface area contributed by atoms with E-state index in [1.807, 2.05) is 0 Å². The van der Waals surface area contributed by atoms with Gasteiger partial charge < -0.3 is 14.8 Å². The topological polar surface area (TPSA) is 90.7 Å². The summed E-state index contributed by atoms with van der Waals surface area (Å²) in [7, 11) is 1.50. The normalized spacial score (nSPS) is 11.4. The Hall–Kier alpha value is -3.09. The molecule has 0 aliphatic heterocycles. The van der Waals surface area contributed by atoms with Crippen molar-refractivity contribution in [3.8, 4) is 11.5 Å². The minimum absolute atomic E-state index is 0.123. The second-order valence-electron chi connectivity index (χ2n) is 4.67. The summed E-state index contributed by atoms with van der Waals surface area (Å²) in [5.74, 6) is 0.420. The number of methoxy groups -OCH3 is 1. The highest BCUT2D eigenvalue weighted by molar-refractivity contribution is 5.96. The Labute approximate surface area is 133 Å². The Kier molecular flexibility index (Phi) is 5.14. The molecule has 0 spiro atoms. The first kappa shape index (κ1) is 16.3. The lowest BCUT2D eigenvalue weighted by Gasteiger charge is -2.16. The Morgan fingerprint density at radius 2 is 1.74 bits per heavy atom. The van der Waals surface area contributed by atoms with Gasteiger partial charge in [-0.05, 0) is 25.1 Å². The Morgan fingerprint density at radius 3 is 2.39 bits per heavy atom. The molecule has 1 N–H and O–H groups in total. The summed E-state index contributed by atoms with van der Waals surface area (Å²) >= 11 is 0. The number of ether oxygens (including phenoxy) is 2. The number of benzene rings is 2. The van der Waals surface area contributed by atoms with Gasteiger partial charge in [-0.15, -0.1) is 0 Å². The summed E-state index contributed by atoms with van der Waals surface area (Å²) in [5, 5.41) is 13.5. The lowest BCUT2D eigenvalue weighted by molar-refractivity contribution is -0.383. The number of nitro groups is 1. The fraction of sp³-hybridized carbons (Fsp3) is 0.188. The van der Waals surface area contributed by atoms with Gasteiger partial charge >= 0.3 is 0 Å². The second-order valence-corrected chi connectivity index (χ2v) is 4.67. The first-order valence-electron chi connectivity index (χ1n) is 6.87. The van der Waals surface area contributed by atoms with Crippen LogP contribution in [-0.4, -0.2) is 24.0 Å². The lowest BCUT2D eigenvalue weighted by Crippen LogP contribution is -2.30. The first-order chi connectivity index (χ1) is 11.0. The first-order valence-corrected chi connectivity index (χ1v) is 6.87. The van der Waals surface area contributed by atoms with Gasteiger partial charge in [0.25, 0.3) is 11.6 Å². The molecule has 1 amide bonds. The molecule has 0 heterocycles. The number of para-hydroxylation sites is 4. The fourth-order valence-corrected chi connectivity index (χ4v) is 1.93. The molecule has 2 aromatic rings. The molecule has 23 heavy (non-hydrogen) atoms.